The molecule has 0 aromatic rings. The third kappa shape index (κ3) is 12.7. The molecule has 0 rings (SSSR count). The zero-order valence-electron chi connectivity index (χ0n) is 5.72. The van der Waals surface area contributed by atoms with Gasteiger partial charge in [0, 0.05) is 57.9 Å². The molecule has 0 aliphatic rings. The van der Waals surface area contributed by atoms with Crippen LogP contribution in [0.4, 0.5) is 0 Å². The fraction of sp³-hybridized carbons (Fsp3) is 1.00. The summed E-state index contributed by atoms with van der Waals surface area (Å²) in [7, 11) is -3.44. The summed E-state index contributed by atoms with van der Waals surface area (Å²) in [6, 6.07) is 0. The predicted molar refractivity (Wildman–Crippen MR) is 37.2 cm³/mol. The van der Waals surface area contributed by atoms with Gasteiger partial charge in [-0.1, -0.05) is 6.92 Å². The zero-order valence-corrected chi connectivity index (χ0v) is 9.66. The third-order valence-corrected chi connectivity index (χ3v) is 1.16. The second-order valence-electron chi connectivity index (χ2n) is 1.44. The quantitative estimate of drug-likeness (QED) is 0.532. The van der Waals surface area contributed by atoms with Crippen LogP contribution < -0.4 is 9.86 Å². The molecule has 0 bridgehead atoms. The van der Waals surface area contributed by atoms with E-state index in [4.69, 9.17) is 0 Å². The Morgan fingerprint density at radius 3 is 2.11 bits per heavy atom. The molecule has 0 atom stereocenters. The molecule has 51 valence electrons. The summed E-state index contributed by atoms with van der Waals surface area (Å²) in [5.41, 5.74) is 0. The van der Waals surface area contributed by atoms with Crippen molar-refractivity contribution in [3.05, 3.63) is 0 Å². The van der Waals surface area contributed by atoms with Gasteiger partial charge in [0.1, 0.15) is 0 Å². The Morgan fingerprint density at radius 2 is 2.00 bits per heavy atom. The van der Waals surface area contributed by atoms with Gasteiger partial charge in [-0.2, -0.15) is 8.42 Å². The van der Waals surface area contributed by atoms with Crippen LogP contribution in [-0.4, -0.2) is 66.3 Å². The molecule has 0 aromatic heterocycles. The maximum Gasteiger partial charge on any atom is 0.274 e. The molecule has 1 radical (unpaired) electrons. The van der Waals surface area contributed by atoms with E-state index in [1.807, 2.05) is 6.92 Å². The van der Waals surface area contributed by atoms with Gasteiger partial charge in [0.25, 0.3) is 10.2 Å². The molecule has 0 aliphatic carbocycles. The molecule has 0 spiro atoms. The largest absolute Gasteiger partial charge is 0.274 e. The Bertz CT molecular complexity index is 144. The number of nitrogens with one attached hydrogen (secondary N) is 1. The SMILES string of the molecule is CCCNS(N)(=O)=O.[K]. The Kier molecular flexibility index (Phi) is 9.09. The molecule has 0 unspecified atom stereocenters. The first-order valence-electron chi connectivity index (χ1n) is 2.33. The maximum atomic E-state index is 10.1. The molecule has 0 saturated carbocycles. The fourth-order valence-corrected chi connectivity index (χ4v) is 0.733. The molecule has 4 nitrogen and oxygen atoms in total. The van der Waals surface area contributed by atoms with Crippen LogP contribution in [0.25, 0.3) is 0 Å². The van der Waals surface area contributed by atoms with Gasteiger partial charge in [-0.25, -0.2) is 9.86 Å². The molecular formula is C3H10KN2O2S. The molecule has 0 saturated heterocycles. The smallest absolute Gasteiger partial charge is 0.216 e. The van der Waals surface area contributed by atoms with Gasteiger partial charge >= 0.3 is 0 Å². The van der Waals surface area contributed by atoms with E-state index in [1.54, 1.807) is 0 Å². The first kappa shape index (κ1) is 13.1. The molecule has 9 heavy (non-hydrogen) atoms. The van der Waals surface area contributed by atoms with Crippen LogP contribution >= 0.6 is 0 Å². The van der Waals surface area contributed by atoms with Crippen molar-refractivity contribution < 1.29 is 8.42 Å². The molecule has 0 heterocycles. The van der Waals surface area contributed by atoms with E-state index in [9.17, 15) is 8.42 Å². The van der Waals surface area contributed by atoms with Crippen molar-refractivity contribution in [1.29, 1.82) is 0 Å². The summed E-state index contributed by atoms with van der Waals surface area (Å²) in [5.74, 6) is 0. The van der Waals surface area contributed by atoms with Crippen LogP contribution in [-0.2, 0) is 10.2 Å². The minimum absolute atomic E-state index is 0. The third-order valence-electron chi connectivity index (χ3n) is 0.553. The standard InChI is InChI=1S/C3H10N2O2S.K/c1-2-3-5-8(4,6)7;/h5H,2-3H2,1H3,(H2,4,6,7);. The van der Waals surface area contributed by atoms with Crippen LogP contribution in [0.2, 0.25) is 0 Å². The van der Waals surface area contributed by atoms with E-state index < -0.39 is 10.2 Å². The molecule has 0 aliphatic heterocycles. The number of hydrogen-bond donors (Lipinski definition) is 2. The molecule has 3 N–H and O–H groups in total. The van der Waals surface area contributed by atoms with Crippen molar-refractivity contribution in [2.45, 2.75) is 13.3 Å². The van der Waals surface area contributed by atoms with Gasteiger partial charge in [-0.05, 0) is 6.42 Å². The summed E-state index contributed by atoms with van der Waals surface area (Å²) in [6.45, 7) is 2.27. The first-order valence-corrected chi connectivity index (χ1v) is 3.88. The summed E-state index contributed by atoms with van der Waals surface area (Å²) >= 11 is 0. The zero-order chi connectivity index (χ0) is 6.62. The average molecular weight is 177 g/mol. The van der Waals surface area contributed by atoms with Crippen LogP contribution in [0.1, 0.15) is 13.3 Å². The minimum atomic E-state index is -3.44. The van der Waals surface area contributed by atoms with Crippen molar-refractivity contribution >= 4 is 61.6 Å². The van der Waals surface area contributed by atoms with E-state index in [2.05, 4.69) is 9.86 Å². The summed E-state index contributed by atoms with van der Waals surface area (Å²) in [6.07, 6.45) is 0.760. The van der Waals surface area contributed by atoms with Crippen LogP contribution in [0.3, 0.4) is 0 Å². The Labute approximate surface area is 98.2 Å². The normalized spacial score (nSPS) is 10.4. The van der Waals surface area contributed by atoms with Gasteiger partial charge in [-0.15, -0.1) is 0 Å². The first-order chi connectivity index (χ1) is 3.56. The Balaban J connectivity index is 0. The van der Waals surface area contributed by atoms with Gasteiger partial charge in [-0.3, -0.25) is 0 Å². The molecule has 0 fully saturated rings. The van der Waals surface area contributed by atoms with Crippen molar-refractivity contribution in [3.8, 4) is 0 Å². The molecule has 6 heteroatoms. The predicted octanol–water partition coefficient (Wildman–Crippen LogP) is -1.19. The number of nitrogens with two attached hydrogens (primary N) is 1. The fourth-order valence-electron chi connectivity index (χ4n) is 0.244. The van der Waals surface area contributed by atoms with Gasteiger partial charge in [0.05, 0.1) is 0 Å². The van der Waals surface area contributed by atoms with E-state index in [0.717, 1.165) is 6.42 Å². The van der Waals surface area contributed by atoms with Crippen molar-refractivity contribution in [1.82, 2.24) is 4.72 Å². The summed E-state index contributed by atoms with van der Waals surface area (Å²) < 4.78 is 22.2. The van der Waals surface area contributed by atoms with Gasteiger partial charge in [0.2, 0.25) is 0 Å². The van der Waals surface area contributed by atoms with Gasteiger partial charge < -0.3 is 0 Å². The van der Waals surface area contributed by atoms with E-state index >= 15 is 0 Å². The number of hydrogen-bond acceptors (Lipinski definition) is 2. The van der Waals surface area contributed by atoms with Crippen molar-refractivity contribution in [2.24, 2.45) is 5.14 Å². The number of rotatable bonds is 3. The maximum absolute atomic E-state index is 10.1. The van der Waals surface area contributed by atoms with Crippen molar-refractivity contribution in [3.63, 3.8) is 0 Å². The molecule has 0 amide bonds. The molecular weight excluding hydrogens is 167 g/mol. The Hall–Kier alpha value is 1.51. The minimum Gasteiger partial charge on any atom is -0.216 e. The monoisotopic (exact) mass is 177 g/mol. The van der Waals surface area contributed by atoms with E-state index in [1.165, 1.54) is 0 Å². The van der Waals surface area contributed by atoms with Crippen LogP contribution in [0.5, 0.6) is 0 Å². The van der Waals surface area contributed by atoms with E-state index in [0.29, 0.717) is 6.54 Å². The van der Waals surface area contributed by atoms with Gasteiger partial charge in [0.15, 0.2) is 0 Å². The summed E-state index contributed by atoms with van der Waals surface area (Å²) in [5, 5.41) is 4.58. The van der Waals surface area contributed by atoms with Crippen molar-refractivity contribution in [2.75, 3.05) is 6.54 Å². The van der Waals surface area contributed by atoms with Crippen LogP contribution in [0.15, 0.2) is 0 Å². The Morgan fingerprint density at radius 1 is 1.56 bits per heavy atom. The van der Waals surface area contributed by atoms with Crippen LogP contribution in [0, 0.1) is 0 Å². The summed E-state index contributed by atoms with van der Waals surface area (Å²) in [4.78, 5) is 0. The topological polar surface area (TPSA) is 72.2 Å². The average Bonchev–Trinajstić information content (AvgIpc) is 1.59. The van der Waals surface area contributed by atoms with E-state index in [-0.39, 0.29) is 51.4 Å². The second kappa shape index (κ2) is 6.23. The second-order valence-corrected chi connectivity index (χ2v) is 2.82. The molecule has 0 aromatic carbocycles.